The predicted molar refractivity (Wildman–Crippen MR) is 137 cm³/mol. The second-order valence-electron chi connectivity index (χ2n) is 9.02. The summed E-state index contributed by atoms with van der Waals surface area (Å²) in [7, 11) is -1.46. The van der Waals surface area contributed by atoms with E-state index < -0.39 is 27.4 Å². The zero-order chi connectivity index (χ0) is 27.5. The van der Waals surface area contributed by atoms with Crippen molar-refractivity contribution in [3.63, 3.8) is 0 Å². The molecule has 1 aromatic heterocycles. The highest BCUT2D eigenvalue weighted by molar-refractivity contribution is 7.90. The van der Waals surface area contributed by atoms with Gasteiger partial charge in [0, 0.05) is 56.4 Å². The van der Waals surface area contributed by atoms with E-state index in [2.05, 4.69) is 25.5 Å². The number of piperazine rings is 1. The van der Waals surface area contributed by atoms with E-state index in [9.17, 15) is 26.4 Å². The lowest BCUT2D eigenvalue weighted by atomic mass is 10.1. The number of anilines is 3. The van der Waals surface area contributed by atoms with E-state index in [1.807, 2.05) is 7.05 Å². The zero-order valence-electron chi connectivity index (χ0n) is 20.8. The zero-order valence-corrected chi connectivity index (χ0v) is 21.6. The van der Waals surface area contributed by atoms with Gasteiger partial charge < -0.3 is 20.4 Å². The van der Waals surface area contributed by atoms with Crippen molar-refractivity contribution in [2.75, 3.05) is 50.1 Å². The molecule has 0 atom stereocenters. The molecule has 0 unspecified atom stereocenters. The average molecular weight is 549 g/mol. The number of carbonyl (C=O) groups excluding carboxylic acids is 1. The first-order valence-electron chi connectivity index (χ1n) is 11.7. The van der Waals surface area contributed by atoms with Crippen LogP contribution in [0, 0.1) is 0 Å². The van der Waals surface area contributed by atoms with Crippen molar-refractivity contribution in [2.24, 2.45) is 0 Å². The summed E-state index contributed by atoms with van der Waals surface area (Å²) < 4.78 is 64.4. The van der Waals surface area contributed by atoms with Gasteiger partial charge in [0.2, 0.25) is 5.95 Å². The van der Waals surface area contributed by atoms with Crippen LogP contribution in [-0.4, -0.2) is 73.6 Å². The Labute approximate surface area is 218 Å². The van der Waals surface area contributed by atoms with Crippen molar-refractivity contribution in [3.05, 3.63) is 71.4 Å². The maximum absolute atomic E-state index is 13.6. The molecule has 0 radical (unpaired) electrons. The van der Waals surface area contributed by atoms with Gasteiger partial charge in [0.15, 0.2) is 9.84 Å². The number of hydrogen-bond acceptors (Lipinski definition) is 8. The van der Waals surface area contributed by atoms with Crippen LogP contribution in [0.1, 0.15) is 21.5 Å². The van der Waals surface area contributed by atoms with E-state index in [4.69, 9.17) is 0 Å². The Balaban J connectivity index is 1.49. The molecule has 2 heterocycles. The third-order valence-corrected chi connectivity index (χ3v) is 7.17. The lowest BCUT2D eigenvalue weighted by Gasteiger charge is -2.32. The minimum Gasteiger partial charge on any atom is -0.365 e. The summed E-state index contributed by atoms with van der Waals surface area (Å²) in [5.74, 6) is -0.619. The number of alkyl halides is 3. The van der Waals surface area contributed by atoms with E-state index in [0.717, 1.165) is 19.3 Å². The first-order valence-corrected chi connectivity index (χ1v) is 13.6. The quantitative estimate of drug-likeness (QED) is 0.461. The average Bonchev–Trinajstić information content (AvgIpc) is 2.87. The van der Waals surface area contributed by atoms with Gasteiger partial charge in [0.1, 0.15) is 11.4 Å². The molecule has 4 rings (SSSR count). The van der Waals surface area contributed by atoms with E-state index in [-0.39, 0.29) is 23.3 Å². The summed E-state index contributed by atoms with van der Waals surface area (Å²) in [6, 6.07) is 12.5. The van der Waals surface area contributed by atoms with Crippen LogP contribution in [-0.2, 0) is 22.6 Å². The Morgan fingerprint density at radius 2 is 1.74 bits per heavy atom. The van der Waals surface area contributed by atoms with Gasteiger partial charge in [-0.3, -0.25) is 4.79 Å². The smallest absolute Gasteiger partial charge is 0.365 e. The number of nitrogens with zero attached hydrogens (tertiary/aromatic N) is 4. The highest BCUT2D eigenvalue weighted by Gasteiger charge is 2.35. The molecule has 9 nitrogen and oxygen atoms in total. The second-order valence-corrected chi connectivity index (χ2v) is 11.0. The number of amides is 1. The molecule has 2 N–H and O–H groups in total. The fourth-order valence-electron chi connectivity index (χ4n) is 3.87. The van der Waals surface area contributed by atoms with Gasteiger partial charge in [-0.1, -0.05) is 12.1 Å². The minimum absolute atomic E-state index is 0.0624. The number of hydrogen-bond donors (Lipinski definition) is 2. The fraction of sp³-hybridized carbons (Fsp3) is 0.320. The SMILES string of the molecule is CN1CCN(C(=O)c2ccc(Nc3ncc(C(F)(F)F)c(NCc4cccc(S(C)(=O)=O)c4)n3)cc2)CC1. The van der Waals surface area contributed by atoms with Gasteiger partial charge in [0.25, 0.3) is 5.91 Å². The summed E-state index contributed by atoms with van der Waals surface area (Å²) >= 11 is 0. The largest absolute Gasteiger partial charge is 0.421 e. The number of rotatable bonds is 7. The molecule has 0 saturated carbocycles. The Morgan fingerprint density at radius 3 is 2.37 bits per heavy atom. The normalized spacial score (nSPS) is 14.8. The van der Waals surface area contributed by atoms with Gasteiger partial charge in [-0.05, 0) is 49.0 Å². The highest BCUT2D eigenvalue weighted by Crippen LogP contribution is 2.34. The van der Waals surface area contributed by atoms with Crippen molar-refractivity contribution in [1.29, 1.82) is 0 Å². The number of nitrogens with one attached hydrogen (secondary N) is 2. The minimum atomic E-state index is -4.71. The molecule has 1 fully saturated rings. The van der Waals surface area contributed by atoms with Crippen LogP contribution < -0.4 is 10.6 Å². The maximum Gasteiger partial charge on any atom is 0.421 e. The maximum atomic E-state index is 13.6. The van der Waals surface area contributed by atoms with Crippen LogP contribution in [0.5, 0.6) is 0 Å². The summed E-state index contributed by atoms with van der Waals surface area (Å²) in [6.45, 7) is 2.80. The van der Waals surface area contributed by atoms with Gasteiger partial charge >= 0.3 is 6.18 Å². The lowest BCUT2D eigenvalue weighted by Crippen LogP contribution is -2.47. The number of aromatic nitrogens is 2. The third kappa shape index (κ3) is 6.78. The summed E-state index contributed by atoms with van der Waals surface area (Å²) in [6.07, 6.45) is -2.98. The Hall–Kier alpha value is -3.71. The molecule has 2 aromatic carbocycles. The Bertz CT molecular complexity index is 1410. The van der Waals surface area contributed by atoms with Crippen LogP contribution in [0.3, 0.4) is 0 Å². The number of carbonyl (C=O) groups is 1. The lowest BCUT2D eigenvalue weighted by molar-refractivity contribution is -0.137. The van der Waals surface area contributed by atoms with E-state index >= 15 is 0 Å². The van der Waals surface area contributed by atoms with Crippen molar-refractivity contribution in [1.82, 2.24) is 19.8 Å². The monoisotopic (exact) mass is 548 g/mol. The molecule has 38 heavy (non-hydrogen) atoms. The van der Waals surface area contributed by atoms with Crippen molar-refractivity contribution in [2.45, 2.75) is 17.6 Å². The summed E-state index contributed by atoms with van der Waals surface area (Å²) in [5.41, 5.74) is 0.406. The van der Waals surface area contributed by atoms with Crippen molar-refractivity contribution in [3.8, 4) is 0 Å². The fourth-order valence-corrected chi connectivity index (χ4v) is 4.56. The van der Waals surface area contributed by atoms with E-state index in [1.54, 1.807) is 35.2 Å². The second kappa shape index (κ2) is 11.0. The third-order valence-electron chi connectivity index (χ3n) is 6.06. The van der Waals surface area contributed by atoms with E-state index in [1.165, 1.54) is 18.2 Å². The molecule has 0 bridgehead atoms. The van der Waals surface area contributed by atoms with Crippen LogP contribution in [0.15, 0.2) is 59.6 Å². The Morgan fingerprint density at radius 1 is 1.05 bits per heavy atom. The summed E-state index contributed by atoms with van der Waals surface area (Å²) in [5, 5.41) is 5.51. The van der Waals surface area contributed by atoms with Crippen LogP contribution in [0.25, 0.3) is 0 Å². The van der Waals surface area contributed by atoms with Crippen LogP contribution in [0.4, 0.5) is 30.6 Å². The Kier molecular flexibility index (Phi) is 7.88. The molecule has 202 valence electrons. The first kappa shape index (κ1) is 27.3. The molecular formula is C25H27F3N6O3S. The topological polar surface area (TPSA) is 108 Å². The predicted octanol–water partition coefficient (Wildman–Crippen LogP) is 3.64. The standard InChI is InChI=1S/C25H27F3N6O3S/c1-33-10-12-34(13-11-33)23(35)18-6-8-19(9-7-18)31-24-30-16-21(25(26,27)28)22(32-24)29-15-17-4-3-5-20(14-17)38(2,36)37/h3-9,14,16H,10-13,15H2,1-2H3,(H2,29,30,31,32). The molecule has 1 saturated heterocycles. The number of likely N-dealkylation sites (N-methyl/N-ethyl adjacent to an activating group) is 1. The van der Waals surface area contributed by atoms with Crippen molar-refractivity contribution >= 4 is 33.2 Å². The molecule has 3 aromatic rings. The molecule has 0 spiro atoms. The van der Waals surface area contributed by atoms with Gasteiger partial charge in [-0.25, -0.2) is 13.4 Å². The number of halogens is 3. The van der Waals surface area contributed by atoms with Crippen LogP contribution >= 0.6 is 0 Å². The molecule has 13 heteroatoms. The number of sulfone groups is 1. The number of benzene rings is 2. The van der Waals surface area contributed by atoms with Crippen molar-refractivity contribution < 1.29 is 26.4 Å². The highest BCUT2D eigenvalue weighted by atomic mass is 32.2. The molecule has 1 aliphatic heterocycles. The van der Waals surface area contributed by atoms with Gasteiger partial charge in [-0.15, -0.1) is 0 Å². The summed E-state index contributed by atoms with van der Waals surface area (Å²) in [4.78, 5) is 24.5. The molecule has 1 amide bonds. The molecular weight excluding hydrogens is 521 g/mol. The van der Waals surface area contributed by atoms with Crippen LogP contribution in [0.2, 0.25) is 0 Å². The first-order chi connectivity index (χ1) is 17.9. The van der Waals surface area contributed by atoms with Gasteiger partial charge in [0.05, 0.1) is 4.90 Å². The van der Waals surface area contributed by atoms with Gasteiger partial charge in [-0.2, -0.15) is 18.2 Å². The molecule has 1 aliphatic rings. The van der Waals surface area contributed by atoms with E-state index in [0.29, 0.717) is 36.1 Å². The molecule has 0 aliphatic carbocycles.